The van der Waals surface area contributed by atoms with E-state index in [-0.39, 0.29) is 12.5 Å². The van der Waals surface area contributed by atoms with Gasteiger partial charge >= 0.3 is 0 Å². The molecule has 0 aliphatic carbocycles. The number of carbonyl (C=O) groups is 1. The predicted octanol–water partition coefficient (Wildman–Crippen LogP) is 3.56. The van der Waals surface area contributed by atoms with E-state index in [1.54, 1.807) is 14.1 Å². The average Bonchev–Trinajstić information content (AvgIpc) is 3.08. The largest absolute Gasteiger partial charge is 0.482 e. The molecule has 1 amide bonds. The summed E-state index contributed by atoms with van der Waals surface area (Å²) in [5.74, 6) is 0.626. The number of benzene rings is 2. The van der Waals surface area contributed by atoms with Gasteiger partial charge in [-0.2, -0.15) is 0 Å². The van der Waals surface area contributed by atoms with Crippen LogP contribution in [0.2, 0.25) is 0 Å². The van der Waals surface area contributed by atoms with Crippen LogP contribution in [0.4, 0.5) is 5.69 Å². The molecular formula is C20H23N3O2. The van der Waals surface area contributed by atoms with Crippen LogP contribution >= 0.6 is 0 Å². The highest BCUT2D eigenvalue weighted by Gasteiger charge is 2.09. The molecule has 130 valence electrons. The minimum Gasteiger partial charge on any atom is -0.482 e. The first-order valence-corrected chi connectivity index (χ1v) is 8.27. The molecule has 2 aromatic carbocycles. The summed E-state index contributed by atoms with van der Waals surface area (Å²) >= 11 is 0. The minimum atomic E-state index is -0.0652. The summed E-state index contributed by atoms with van der Waals surface area (Å²) in [6.07, 6.45) is 1.95. The first-order valence-electron chi connectivity index (χ1n) is 8.27. The van der Waals surface area contributed by atoms with E-state index in [2.05, 4.69) is 28.5 Å². The van der Waals surface area contributed by atoms with Gasteiger partial charge in [-0.15, -0.1) is 0 Å². The third kappa shape index (κ3) is 3.94. The van der Waals surface area contributed by atoms with Gasteiger partial charge in [0.05, 0.1) is 5.69 Å². The smallest absolute Gasteiger partial charge is 0.259 e. The lowest BCUT2D eigenvalue weighted by Crippen LogP contribution is -2.27. The molecule has 3 aromatic rings. The fourth-order valence-electron chi connectivity index (χ4n) is 2.66. The van der Waals surface area contributed by atoms with Crippen LogP contribution in [0.3, 0.4) is 0 Å². The minimum absolute atomic E-state index is 0.0263. The van der Waals surface area contributed by atoms with Crippen LogP contribution in [0, 0.1) is 6.92 Å². The molecule has 25 heavy (non-hydrogen) atoms. The van der Waals surface area contributed by atoms with Gasteiger partial charge in [0.15, 0.2) is 6.61 Å². The first kappa shape index (κ1) is 16.9. The monoisotopic (exact) mass is 337 g/mol. The second-order valence-electron chi connectivity index (χ2n) is 6.29. The number of nitrogens with zero attached hydrogens (tertiary/aromatic N) is 1. The van der Waals surface area contributed by atoms with Crippen molar-refractivity contribution in [2.24, 2.45) is 0 Å². The third-order valence-electron chi connectivity index (χ3n) is 4.14. The van der Waals surface area contributed by atoms with Crippen molar-refractivity contribution in [2.75, 3.05) is 26.0 Å². The van der Waals surface area contributed by atoms with E-state index >= 15 is 0 Å². The number of rotatable bonds is 6. The number of carbonyl (C=O) groups excluding carboxylic acids is 1. The van der Waals surface area contributed by atoms with Crippen LogP contribution in [-0.2, 0) is 11.3 Å². The molecule has 0 saturated carbocycles. The molecule has 5 heteroatoms. The Morgan fingerprint density at radius 1 is 1.20 bits per heavy atom. The van der Waals surface area contributed by atoms with Crippen molar-refractivity contribution >= 4 is 22.5 Å². The van der Waals surface area contributed by atoms with Crippen molar-refractivity contribution in [3.05, 3.63) is 59.8 Å². The van der Waals surface area contributed by atoms with Crippen molar-refractivity contribution in [3.8, 4) is 5.75 Å². The summed E-state index contributed by atoms with van der Waals surface area (Å²) in [5, 5.41) is 4.63. The fourth-order valence-corrected chi connectivity index (χ4v) is 2.66. The molecule has 0 unspecified atom stereocenters. The Morgan fingerprint density at radius 3 is 2.84 bits per heavy atom. The lowest BCUT2D eigenvalue weighted by Gasteiger charge is -2.16. The molecule has 0 aliphatic heterocycles. The van der Waals surface area contributed by atoms with Crippen molar-refractivity contribution in [2.45, 2.75) is 13.5 Å². The summed E-state index contributed by atoms with van der Waals surface area (Å²) < 4.78 is 5.74. The Hall–Kier alpha value is -2.95. The number of aromatic amines is 1. The number of fused-ring (bicyclic) bond motifs is 1. The molecule has 0 saturated heterocycles. The number of aromatic nitrogens is 1. The molecule has 0 aliphatic rings. The molecular weight excluding hydrogens is 314 g/mol. The quantitative estimate of drug-likeness (QED) is 0.723. The van der Waals surface area contributed by atoms with E-state index in [1.807, 2.05) is 37.4 Å². The number of hydrogen-bond donors (Lipinski definition) is 2. The fraction of sp³-hybridized carbons (Fsp3) is 0.250. The number of amides is 1. The summed E-state index contributed by atoms with van der Waals surface area (Å²) in [6, 6.07) is 14.2. The lowest BCUT2D eigenvalue weighted by molar-refractivity contribution is -0.130. The van der Waals surface area contributed by atoms with E-state index in [0.717, 1.165) is 16.8 Å². The van der Waals surface area contributed by atoms with Gasteiger partial charge < -0.3 is 19.9 Å². The van der Waals surface area contributed by atoms with Gasteiger partial charge in [-0.25, -0.2) is 0 Å². The van der Waals surface area contributed by atoms with E-state index in [9.17, 15) is 4.79 Å². The number of ether oxygens (including phenoxy) is 1. The first-order chi connectivity index (χ1) is 12.0. The normalized spacial score (nSPS) is 10.7. The van der Waals surface area contributed by atoms with E-state index in [0.29, 0.717) is 12.3 Å². The van der Waals surface area contributed by atoms with Crippen LogP contribution in [0.25, 0.3) is 10.9 Å². The zero-order chi connectivity index (χ0) is 17.8. The van der Waals surface area contributed by atoms with Crippen molar-refractivity contribution < 1.29 is 9.53 Å². The molecule has 0 atom stereocenters. The van der Waals surface area contributed by atoms with Crippen LogP contribution in [0.5, 0.6) is 5.75 Å². The zero-order valence-corrected chi connectivity index (χ0v) is 14.8. The lowest BCUT2D eigenvalue weighted by atomic mass is 10.1. The van der Waals surface area contributed by atoms with Gasteiger partial charge in [0.1, 0.15) is 5.75 Å². The number of nitrogens with one attached hydrogen (secondary N) is 2. The maximum Gasteiger partial charge on any atom is 0.259 e. The van der Waals surface area contributed by atoms with Gasteiger partial charge in [-0.05, 0) is 42.3 Å². The second-order valence-corrected chi connectivity index (χ2v) is 6.29. The molecule has 3 rings (SSSR count). The van der Waals surface area contributed by atoms with Crippen LogP contribution in [-0.4, -0.2) is 36.5 Å². The Kier molecular flexibility index (Phi) is 4.93. The zero-order valence-electron chi connectivity index (χ0n) is 14.8. The Labute approximate surface area is 147 Å². The molecule has 2 N–H and O–H groups in total. The Balaban J connectivity index is 1.75. The summed E-state index contributed by atoms with van der Waals surface area (Å²) in [7, 11) is 3.44. The number of aryl methyl sites for hydroxylation is 1. The summed E-state index contributed by atoms with van der Waals surface area (Å²) in [4.78, 5) is 16.5. The molecule has 0 bridgehead atoms. The van der Waals surface area contributed by atoms with Crippen LogP contribution in [0.1, 0.15) is 11.1 Å². The molecule has 0 spiro atoms. The highest BCUT2D eigenvalue weighted by molar-refractivity contribution is 5.83. The van der Waals surface area contributed by atoms with Crippen LogP contribution in [0.15, 0.2) is 48.7 Å². The summed E-state index contributed by atoms with van der Waals surface area (Å²) in [6.45, 7) is 2.71. The van der Waals surface area contributed by atoms with Crippen molar-refractivity contribution in [3.63, 3.8) is 0 Å². The van der Waals surface area contributed by atoms with Gasteiger partial charge in [-0.3, -0.25) is 4.79 Å². The van der Waals surface area contributed by atoms with E-state index < -0.39 is 0 Å². The van der Waals surface area contributed by atoms with Gasteiger partial charge in [-0.1, -0.05) is 18.2 Å². The van der Waals surface area contributed by atoms with Crippen molar-refractivity contribution in [1.82, 2.24) is 9.88 Å². The average molecular weight is 337 g/mol. The highest BCUT2D eigenvalue weighted by Crippen LogP contribution is 2.27. The molecule has 5 nitrogen and oxygen atoms in total. The van der Waals surface area contributed by atoms with Crippen molar-refractivity contribution in [1.29, 1.82) is 0 Å². The number of H-pyrrole nitrogens is 1. The Morgan fingerprint density at radius 2 is 2.04 bits per heavy atom. The summed E-state index contributed by atoms with van der Waals surface area (Å²) in [5.41, 5.74) is 4.29. The van der Waals surface area contributed by atoms with Gasteiger partial charge in [0.25, 0.3) is 5.91 Å². The Bertz CT molecular complexity index is 884. The SMILES string of the molecule is Cc1ccc(NCc2cccc3[nH]ccc23)c(OCC(=O)N(C)C)c1. The predicted molar refractivity (Wildman–Crippen MR) is 101 cm³/mol. The van der Waals surface area contributed by atoms with Crippen LogP contribution < -0.4 is 10.1 Å². The second kappa shape index (κ2) is 7.30. The molecule has 0 fully saturated rings. The topological polar surface area (TPSA) is 57.4 Å². The molecule has 1 aromatic heterocycles. The van der Waals surface area contributed by atoms with Gasteiger partial charge in [0, 0.05) is 37.7 Å². The number of hydrogen-bond acceptors (Lipinski definition) is 3. The number of likely N-dealkylation sites (N-methyl/N-ethyl adjacent to an activating group) is 1. The maximum atomic E-state index is 11.8. The standard InChI is InChI=1S/C20H23N3O2/c1-14-7-8-18(19(11-14)25-13-20(24)23(2)3)22-12-15-5-4-6-17-16(15)9-10-21-17/h4-11,21-22H,12-13H2,1-3H3. The number of anilines is 1. The molecule has 1 heterocycles. The molecule has 0 radical (unpaired) electrons. The van der Waals surface area contributed by atoms with E-state index in [1.165, 1.54) is 15.8 Å². The highest BCUT2D eigenvalue weighted by atomic mass is 16.5. The van der Waals surface area contributed by atoms with E-state index in [4.69, 9.17) is 4.74 Å². The third-order valence-corrected chi connectivity index (χ3v) is 4.14. The van der Waals surface area contributed by atoms with Gasteiger partial charge in [0.2, 0.25) is 0 Å². The maximum absolute atomic E-state index is 11.8.